The highest BCUT2D eigenvalue weighted by Gasteiger charge is 2.23. The molecule has 1 amide bonds. The van der Waals surface area contributed by atoms with Crippen molar-refractivity contribution in [3.8, 4) is 27.8 Å². The van der Waals surface area contributed by atoms with Crippen LogP contribution in [0.5, 0.6) is 11.5 Å². The molecular formula is C21H15N3O3S. The average Bonchev–Trinajstić information content (AvgIpc) is 3.48. The van der Waals surface area contributed by atoms with Gasteiger partial charge < -0.3 is 14.8 Å². The Kier molecular flexibility index (Phi) is 4.06. The third-order valence-electron chi connectivity index (χ3n) is 4.38. The van der Waals surface area contributed by atoms with Crippen LogP contribution in [0.2, 0.25) is 0 Å². The first-order valence-electron chi connectivity index (χ1n) is 8.68. The highest BCUT2D eigenvalue weighted by atomic mass is 32.1. The second-order valence-corrected chi connectivity index (χ2v) is 7.09. The van der Waals surface area contributed by atoms with Crippen molar-refractivity contribution in [1.29, 1.82) is 0 Å². The molecule has 0 radical (unpaired) electrons. The SMILES string of the molecule is O=C(Nc1cn(-c2ccccc2)nc1-c1cccs1)c1cccc2c1OCO2. The number of benzene rings is 2. The second kappa shape index (κ2) is 6.86. The van der Waals surface area contributed by atoms with E-state index in [0.717, 1.165) is 16.3 Å². The smallest absolute Gasteiger partial charge is 0.259 e. The summed E-state index contributed by atoms with van der Waals surface area (Å²) in [6.45, 7) is 0.117. The summed E-state index contributed by atoms with van der Waals surface area (Å²) in [6, 6.07) is 19.0. The van der Waals surface area contributed by atoms with E-state index in [4.69, 9.17) is 14.6 Å². The minimum absolute atomic E-state index is 0.117. The number of fused-ring (bicyclic) bond motifs is 1. The van der Waals surface area contributed by atoms with Crippen molar-refractivity contribution in [3.05, 3.63) is 77.8 Å². The molecule has 138 valence electrons. The maximum absolute atomic E-state index is 13.0. The summed E-state index contributed by atoms with van der Waals surface area (Å²) >= 11 is 1.57. The van der Waals surface area contributed by atoms with Gasteiger partial charge in [0.25, 0.3) is 5.91 Å². The summed E-state index contributed by atoms with van der Waals surface area (Å²) in [5.41, 5.74) is 2.70. The predicted octanol–water partition coefficient (Wildman–Crippen LogP) is 4.58. The van der Waals surface area contributed by atoms with Gasteiger partial charge in [0.1, 0.15) is 5.69 Å². The zero-order valence-corrected chi connectivity index (χ0v) is 15.5. The van der Waals surface area contributed by atoms with Gasteiger partial charge in [-0.05, 0) is 35.7 Å². The Morgan fingerprint density at radius 2 is 1.93 bits per heavy atom. The molecule has 4 aromatic rings. The van der Waals surface area contributed by atoms with Gasteiger partial charge >= 0.3 is 0 Å². The summed E-state index contributed by atoms with van der Waals surface area (Å²) in [6.07, 6.45) is 1.82. The van der Waals surface area contributed by atoms with Crippen LogP contribution in [0.1, 0.15) is 10.4 Å². The summed E-state index contributed by atoms with van der Waals surface area (Å²) in [5, 5.41) is 9.67. The van der Waals surface area contributed by atoms with Crippen LogP contribution in [0.25, 0.3) is 16.3 Å². The third kappa shape index (κ3) is 2.91. The molecule has 7 heteroatoms. The van der Waals surface area contributed by atoms with Crippen LogP contribution in [0.15, 0.2) is 72.2 Å². The third-order valence-corrected chi connectivity index (χ3v) is 5.26. The van der Waals surface area contributed by atoms with Crippen molar-refractivity contribution in [3.63, 3.8) is 0 Å². The van der Waals surface area contributed by atoms with E-state index in [2.05, 4.69) is 5.32 Å². The molecule has 28 heavy (non-hydrogen) atoms. The van der Waals surface area contributed by atoms with Crippen LogP contribution in [-0.2, 0) is 0 Å². The second-order valence-electron chi connectivity index (χ2n) is 6.14. The molecule has 0 saturated carbocycles. The number of carbonyl (C=O) groups excluding carboxylic acids is 1. The predicted molar refractivity (Wildman–Crippen MR) is 107 cm³/mol. The highest BCUT2D eigenvalue weighted by molar-refractivity contribution is 7.13. The van der Waals surface area contributed by atoms with E-state index in [1.807, 2.05) is 54.0 Å². The normalized spacial score (nSPS) is 12.1. The molecule has 2 aromatic heterocycles. The van der Waals surface area contributed by atoms with Gasteiger partial charge in [-0.3, -0.25) is 4.79 Å². The largest absolute Gasteiger partial charge is 0.454 e. The van der Waals surface area contributed by atoms with Crippen molar-refractivity contribution in [2.75, 3.05) is 12.1 Å². The maximum atomic E-state index is 13.0. The number of thiophene rings is 1. The summed E-state index contributed by atoms with van der Waals surface area (Å²) in [4.78, 5) is 13.9. The lowest BCUT2D eigenvalue weighted by Crippen LogP contribution is -2.13. The fraction of sp³-hybridized carbons (Fsp3) is 0.0476. The van der Waals surface area contributed by atoms with Gasteiger partial charge in [0.05, 0.1) is 28.0 Å². The van der Waals surface area contributed by atoms with E-state index in [1.54, 1.807) is 34.2 Å². The summed E-state index contributed by atoms with van der Waals surface area (Å²) in [7, 11) is 0. The molecule has 1 N–H and O–H groups in total. The van der Waals surface area contributed by atoms with Crippen LogP contribution in [0.4, 0.5) is 5.69 Å². The molecule has 3 heterocycles. The number of carbonyl (C=O) groups is 1. The van der Waals surface area contributed by atoms with Gasteiger partial charge in [-0.2, -0.15) is 5.10 Å². The van der Waals surface area contributed by atoms with Crippen LogP contribution < -0.4 is 14.8 Å². The number of anilines is 1. The Morgan fingerprint density at radius 1 is 1.04 bits per heavy atom. The van der Waals surface area contributed by atoms with E-state index in [1.165, 1.54) is 0 Å². The van der Waals surface area contributed by atoms with Crippen molar-refractivity contribution in [2.45, 2.75) is 0 Å². The maximum Gasteiger partial charge on any atom is 0.259 e. The van der Waals surface area contributed by atoms with Crippen molar-refractivity contribution in [2.24, 2.45) is 0 Å². The number of nitrogens with one attached hydrogen (secondary N) is 1. The number of hydrogen-bond acceptors (Lipinski definition) is 5. The number of ether oxygens (including phenoxy) is 2. The zero-order valence-electron chi connectivity index (χ0n) is 14.7. The van der Waals surface area contributed by atoms with Crippen molar-refractivity contribution < 1.29 is 14.3 Å². The average molecular weight is 389 g/mol. The molecule has 0 bridgehead atoms. The lowest BCUT2D eigenvalue weighted by Gasteiger charge is -2.07. The van der Waals surface area contributed by atoms with Gasteiger partial charge in [0.2, 0.25) is 6.79 Å². The van der Waals surface area contributed by atoms with E-state index < -0.39 is 0 Å². The van der Waals surface area contributed by atoms with Gasteiger partial charge in [-0.25, -0.2) is 4.68 Å². The van der Waals surface area contributed by atoms with Gasteiger partial charge in [-0.15, -0.1) is 11.3 Å². The van der Waals surface area contributed by atoms with Crippen LogP contribution in [0.3, 0.4) is 0 Å². The van der Waals surface area contributed by atoms with E-state index in [9.17, 15) is 4.79 Å². The van der Waals surface area contributed by atoms with Crippen LogP contribution in [0, 0.1) is 0 Å². The van der Waals surface area contributed by atoms with E-state index >= 15 is 0 Å². The minimum Gasteiger partial charge on any atom is -0.454 e. The van der Waals surface area contributed by atoms with Gasteiger partial charge in [0, 0.05) is 0 Å². The first-order valence-corrected chi connectivity index (χ1v) is 9.56. The molecule has 0 atom stereocenters. The molecule has 1 aliphatic heterocycles. The number of aromatic nitrogens is 2. The molecular weight excluding hydrogens is 374 g/mol. The molecule has 2 aromatic carbocycles. The van der Waals surface area contributed by atoms with Crippen LogP contribution in [-0.4, -0.2) is 22.5 Å². The van der Waals surface area contributed by atoms with E-state index in [0.29, 0.717) is 22.7 Å². The number of hydrogen-bond donors (Lipinski definition) is 1. The summed E-state index contributed by atoms with van der Waals surface area (Å²) in [5.74, 6) is 0.770. The molecule has 0 fully saturated rings. The zero-order chi connectivity index (χ0) is 18.9. The molecule has 5 rings (SSSR count). The molecule has 0 aliphatic carbocycles. The molecule has 6 nitrogen and oxygen atoms in total. The number of para-hydroxylation sites is 2. The number of amides is 1. The number of nitrogens with zero attached hydrogens (tertiary/aromatic N) is 2. The fourth-order valence-corrected chi connectivity index (χ4v) is 3.80. The first kappa shape index (κ1) is 16.6. The molecule has 1 aliphatic rings. The highest BCUT2D eigenvalue weighted by Crippen LogP contribution is 2.37. The quantitative estimate of drug-likeness (QED) is 0.555. The lowest BCUT2D eigenvalue weighted by molar-refractivity contribution is 0.102. The Bertz CT molecular complexity index is 1140. The van der Waals surface area contributed by atoms with Crippen LogP contribution >= 0.6 is 11.3 Å². The Balaban J connectivity index is 1.53. The molecule has 0 unspecified atom stereocenters. The van der Waals surface area contributed by atoms with Gasteiger partial charge in [0.15, 0.2) is 11.5 Å². The lowest BCUT2D eigenvalue weighted by atomic mass is 10.1. The molecule has 0 spiro atoms. The minimum atomic E-state index is -0.271. The topological polar surface area (TPSA) is 65.4 Å². The van der Waals surface area contributed by atoms with Gasteiger partial charge in [-0.1, -0.05) is 30.3 Å². The Labute approximate surface area is 165 Å². The Hall–Kier alpha value is -3.58. The van der Waals surface area contributed by atoms with Crippen molar-refractivity contribution >= 4 is 22.9 Å². The Morgan fingerprint density at radius 3 is 2.75 bits per heavy atom. The number of rotatable bonds is 4. The van der Waals surface area contributed by atoms with Crippen molar-refractivity contribution in [1.82, 2.24) is 9.78 Å². The standard InChI is InChI=1S/C21H15N3O3S/c25-21(15-8-4-9-17-20(15)27-13-26-17)22-16-12-24(14-6-2-1-3-7-14)23-19(16)18-10-5-11-28-18/h1-12H,13H2,(H,22,25). The fourth-order valence-electron chi connectivity index (χ4n) is 3.07. The molecule has 0 saturated heterocycles. The monoisotopic (exact) mass is 389 g/mol. The van der Waals surface area contributed by atoms with E-state index in [-0.39, 0.29) is 12.7 Å². The summed E-state index contributed by atoms with van der Waals surface area (Å²) < 4.78 is 12.6. The first-order chi connectivity index (χ1) is 13.8.